The van der Waals surface area contributed by atoms with Crippen LogP contribution in [0.1, 0.15) is 5.56 Å². The second kappa shape index (κ2) is 9.39. The topological polar surface area (TPSA) is 47.9 Å². The molecule has 0 bridgehead atoms. The summed E-state index contributed by atoms with van der Waals surface area (Å²) in [5, 5.41) is 8.44. The molecular weight excluding hydrogens is 308 g/mol. The Hall–Kier alpha value is -1.64. The second-order valence-electron chi connectivity index (χ2n) is 4.00. The third-order valence-electron chi connectivity index (χ3n) is 2.54. The minimum atomic E-state index is -1.62. The van der Waals surface area contributed by atoms with Gasteiger partial charge in [-0.3, -0.25) is 0 Å². The van der Waals surface area contributed by atoms with Gasteiger partial charge in [0.05, 0.1) is 38.6 Å². The third kappa shape index (κ3) is 4.69. The first kappa shape index (κ1) is 18.4. The molecule has 0 aliphatic heterocycles. The molecule has 0 heterocycles. The first-order valence-electron chi connectivity index (χ1n) is 6.42. The van der Waals surface area contributed by atoms with Crippen LogP contribution >= 0.6 is 0 Å². The maximum Gasteiger partial charge on any atom is 0.204 e. The molecule has 0 saturated carbocycles. The number of hydrogen-bond donors (Lipinski definition) is 1. The van der Waals surface area contributed by atoms with Crippen LogP contribution in [0, 0.1) is 23.3 Å². The van der Waals surface area contributed by atoms with Crippen molar-refractivity contribution in [1.29, 1.82) is 0 Å². The van der Waals surface area contributed by atoms with Crippen molar-refractivity contribution in [1.82, 2.24) is 0 Å². The molecule has 0 aliphatic rings. The fourth-order valence-corrected chi connectivity index (χ4v) is 1.52. The highest BCUT2D eigenvalue weighted by atomic mass is 19.2. The Morgan fingerprint density at radius 3 is 1.82 bits per heavy atom. The van der Waals surface area contributed by atoms with Gasteiger partial charge >= 0.3 is 0 Å². The Kier molecular flexibility index (Phi) is 7.86. The lowest BCUT2D eigenvalue weighted by Gasteiger charge is -2.11. The molecule has 1 N–H and O–H groups in total. The van der Waals surface area contributed by atoms with E-state index in [0.29, 0.717) is 6.08 Å². The van der Waals surface area contributed by atoms with Crippen molar-refractivity contribution in [2.45, 2.75) is 0 Å². The standard InChI is InChI=1S/C14H16F4O4/c1-2-9-10(15)12(17)14(13(18)11(9)16)22-8-7-21-6-5-20-4-3-19/h2,19H,1,3-8H2. The molecule has 0 fully saturated rings. The fraction of sp³-hybridized carbons (Fsp3) is 0.429. The van der Waals surface area contributed by atoms with Gasteiger partial charge in [-0.15, -0.1) is 0 Å². The van der Waals surface area contributed by atoms with Crippen LogP contribution in [-0.4, -0.2) is 44.7 Å². The van der Waals surface area contributed by atoms with Crippen molar-refractivity contribution in [3.8, 4) is 5.75 Å². The van der Waals surface area contributed by atoms with Crippen LogP contribution in [0.15, 0.2) is 6.58 Å². The van der Waals surface area contributed by atoms with Gasteiger partial charge in [0.2, 0.25) is 11.6 Å². The predicted molar refractivity (Wildman–Crippen MR) is 70.6 cm³/mol. The molecule has 8 heteroatoms. The Labute approximate surface area is 124 Å². The maximum absolute atomic E-state index is 13.6. The van der Waals surface area contributed by atoms with Crippen molar-refractivity contribution >= 4 is 6.08 Å². The molecular formula is C14H16F4O4. The largest absolute Gasteiger partial charge is 0.485 e. The number of ether oxygens (including phenoxy) is 3. The predicted octanol–water partition coefficient (Wildman–Crippen LogP) is 2.29. The Morgan fingerprint density at radius 1 is 0.818 bits per heavy atom. The van der Waals surface area contributed by atoms with E-state index in [1.165, 1.54) is 0 Å². The van der Waals surface area contributed by atoms with Crippen LogP contribution < -0.4 is 4.74 Å². The molecule has 0 aliphatic carbocycles. The zero-order chi connectivity index (χ0) is 16.5. The molecule has 22 heavy (non-hydrogen) atoms. The summed E-state index contributed by atoms with van der Waals surface area (Å²) in [6.45, 7) is 3.17. The fourth-order valence-electron chi connectivity index (χ4n) is 1.52. The molecule has 0 unspecified atom stereocenters. The summed E-state index contributed by atoms with van der Waals surface area (Å²) in [5.74, 6) is -7.52. The van der Waals surface area contributed by atoms with Crippen molar-refractivity contribution < 1.29 is 36.9 Å². The van der Waals surface area contributed by atoms with E-state index in [2.05, 4.69) is 11.3 Å². The summed E-state index contributed by atoms with van der Waals surface area (Å²) in [4.78, 5) is 0. The molecule has 0 spiro atoms. The number of rotatable bonds is 10. The van der Waals surface area contributed by atoms with Gasteiger partial charge in [-0.25, -0.2) is 8.78 Å². The number of hydrogen-bond acceptors (Lipinski definition) is 4. The van der Waals surface area contributed by atoms with Crippen molar-refractivity contribution in [2.24, 2.45) is 0 Å². The van der Waals surface area contributed by atoms with Crippen LogP contribution in [0.4, 0.5) is 17.6 Å². The normalized spacial score (nSPS) is 10.8. The quantitative estimate of drug-likeness (QED) is 0.408. The van der Waals surface area contributed by atoms with Gasteiger partial charge in [-0.2, -0.15) is 8.78 Å². The third-order valence-corrected chi connectivity index (χ3v) is 2.54. The molecule has 0 radical (unpaired) electrons. The number of halogens is 4. The number of aliphatic hydroxyl groups is 1. The highest BCUT2D eigenvalue weighted by Crippen LogP contribution is 2.30. The van der Waals surface area contributed by atoms with Crippen LogP contribution in [0.3, 0.4) is 0 Å². The van der Waals surface area contributed by atoms with Gasteiger partial charge in [0.1, 0.15) is 6.61 Å². The van der Waals surface area contributed by atoms with E-state index < -0.39 is 34.6 Å². The Balaban J connectivity index is 2.51. The summed E-state index contributed by atoms with van der Waals surface area (Å²) < 4.78 is 68.6. The van der Waals surface area contributed by atoms with Crippen LogP contribution in [-0.2, 0) is 9.47 Å². The average molecular weight is 324 g/mol. The van der Waals surface area contributed by atoms with Crippen molar-refractivity contribution in [3.05, 3.63) is 35.4 Å². The van der Waals surface area contributed by atoms with Gasteiger partial charge in [0.25, 0.3) is 0 Å². The molecule has 0 aromatic heterocycles. The molecule has 124 valence electrons. The minimum absolute atomic E-state index is 0.0617. The van der Waals surface area contributed by atoms with E-state index in [1.54, 1.807) is 0 Å². The van der Waals surface area contributed by atoms with Crippen LogP contribution in [0.5, 0.6) is 5.75 Å². The summed E-state index contributed by atoms with van der Waals surface area (Å²) in [5.41, 5.74) is -0.889. The SMILES string of the molecule is C=Cc1c(F)c(F)c(OCCOCCOCCO)c(F)c1F. The molecule has 1 aromatic carbocycles. The van der Waals surface area contributed by atoms with E-state index in [4.69, 9.17) is 14.6 Å². The van der Waals surface area contributed by atoms with Gasteiger partial charge in [0, 0.05) is 0 Å². The van der Waals surface area contributed by atoms with Crippen molar-refractivity contribution in [3.63, 3.8) is 0 Å². The molecule has 1 aromatic rings. The zero-order valence-corrected chi connectivity index (χ0v) is 11.7. The molecule has 1 rings (SSSR count). The van der Waals surface area contributed by atoms with Gasteiger partial charge in [-0.05, 0) is 0 Å². The smallest absolute Gasteiger partial charge is 0.204 e. The van der Waals surface area contributed by atoms with E-state index in [0.717, 1.165) is 0 Å². The molecule has 0 amide bonds. The van der Waals surface area contributed by atoms with Crippen molar-refractivity contribution in [2.75, 3.05) is 39.6 Å². The van der Waals surface area contributed by atoms with E-state index in [1.807, 2.05) is 0 Å². The lowest BCUT2D eigenvalue weighted by atomic mass is 10.1. The average Bonchev–Trinajstić information content (AvgIpc) is 2.51. The van der Waals surface area contributed by atoms with E-state index in [9.17, 15) is 17.6 Å². The molecule has 4 nitrogen and oxygen atoms in total. The number of aliphatic hydroxyl groups excluding tert-OH is 1. The summed E-state index contributed by atoms with van der Waals surface area (Å²) >= 11 is 0. The van der Waals surface area contributed by atoms with Crippen LogP contribution in [0.25, 0.3) is 6.08 Å². The first-order chi connectivity index (χ1) is 10.5. The van der Waals surface area contributed by atoms with Gasteiger partial charge in [-0.1, -0.05) is 12.7 Å². The second-order valence-corrected chi connectivity index (χ2v) is 4.00. The molecule has 0 saturated heterocycles. The molecule has 0 atom stereocenters. The highest BCUT2D eigenvalue weighted by Gasteiger charge is 2.25. The minimum Gasteiger partial charge on any atom is -0.485 e. The van der Waals surface area contributed by atoms with Gasteiger partial charge < -0.3 is 19.3 Å². The lowest BCUT2D eigenvalue weighted by molar-refractivity contribution is 0.0239. The van der Waals surface area contributed by atoms with Crippen LogP contribution in [0.2, 0.25) is 0 Å². The Bertz CT molecular complexity index is 479. The summed E-state index contributed by atoms with van der Waals surface area (Å²) in [6, 6.07) is 0. The monoisotopic (exact) mass is 324 g/mol. The van der Waals surface area contributed by atoms with E-state index in [-0.39, 0.29) is 39.6 Å². The first-order valence-corrected chi connectivity index (χ1v) is 6.42. The van der Waals surface area contributed by atoms with Gasteiger partial charge in [0.15, 0.2) is 17.4 Å². The lowest BCUT2D eigenvalue weighted by Crippen LogP contribution is -2.14. The highest BCUT2D eigenvalue weighted by molar-refractivity contribution is 5.51. The Morgan fingerprint density at radius 2 is 1.32 bits per heavy atom. The maximum atomic E-state index is 13.6. The summed E-state index contributed by atoms with van der Waals surface area (Å²) in [7, 11) is 0. The van der Waals surface area contributed by atoms with E-state index >= 15 is 0 Å². The number of benzene rings is 1. The summed E-state index contributed by atoms with van der Waals surface area (Å²) in [6.07, 6.45) is 0.677. The zero-order valence-electron chi connectivity index (χ0n) is 11.7.